The smallest absolute Gasteiger partial charge is 0.387 e. The number of rotatable bonds is 7. The number of carbonyl (C=O) groups is 1. The van der Waals surface area contributed by atoms with E-state index in [0.29, 0.717) is 31.0 Å². The van der Waals surface area contributed by atoms with Crippen molar-refractivity contribution in [3.63, 3.8) is 0 Å². The van der Waals surface area contributed by atoms with E-state index in [4.69, 9.17) is 9.47 Å². The Morgan fingerprint density at radius 1 is 1.22 bits per heavy atom. The number of aryl methyl sites for hydroxylation is 1. The molecule has 0 aliphatic carbocycles. The first kappa shape index (κ1) is 23.3. The van der Waals surface area contributed by atoms with E-state index in [2.05, 4.69) is 15.0 Å². The molecule has 190 valence electrons. The zero-order chi connectivity index (χ0) is 25.7. The van der Waals surface area contributed by atoms with Crippen LogP contribution in [0.3, 0.4) is 0 Å². The first-order valence-corrected chi connectivity index (χ1v) is 11.8. The van der Waals surface area contributed by atoms with Crippen molar-refractivity contribution in [2.24, 2.45) is 0 Å². The van der Waals surface area contributed by atoms with E-state index in [1.165, 1.54) is 6.07 Å². The van der Waals surface area contributed by atoms with Gasteiger partial charge in [0, 0.05) is 53.8 Å². The maximum Gasteiger partial charge on any atom is 0.387 e. The number of carboxylic acid groups (broad SMARTS) is 1. The molecule has 2 aliphatic heterocycles. The summed E-state index contributed by atoms with van der Waals surface area (Å²) in [6, 6.07) is 10.5. The molecule has 37 heavy (non-hydrogen) atoms. The number of aliphatic carboxylic acids is 1. The molecule has 0 spiro atoms. The number of carboxylic acids is 1. The molecule has 2 saturated heterocycles. The number of fused-ring (bicyclic) bond motifs is 3. The minimum atomic E-state index is -2.91. The number of benzene rings is 1. The number of hydrogen-bond donors (Lipinski definition) is 1. The van der Waals surface area contributed by atoms with Crippen LogP contribution in [0.2, 0.25) is 0 Å². The van der Waals surface area contributed by atoms with Crippen LogP contribution in [0.25, 0.3) is 16.8 Å². The lowest BCUT2D eigenvalue weighted by molar-refractivity contribution is -0.159. The molecule has 2 unspecified atom stereocenters. The van der Waals surface area contributed by atoms with Crippen molar-refractivity contribution in [1.29, 1.82) is 0 Å². The molecule has 6 rings (SSSR count). The Labute approximate surface area is 210 Å². The molecular weight excluding hydrogens is 484 g/mol. The number of ether oxygens (including phenoxy) is 2. The number of hydrogen-bond acceptors (Lipinski definition) is 7. The largest absolute Gasteiger partial charge is 0.479 e. The highest BCUT2D eigenvalue weighted by Crippen LogP contribution is 2.39. The molecule has 0 radical (unpaired) electrons. The Morgan fingerprint density at radius 3 is 2.73 bits per heavy atom. The molecule has 3 aromatic heterocycles. The van der Waals surface area contributed by atoms with Gasteiger partial charge in [0.05, 0.1) is 24.9 Å². The highest BCUT2D eigenvalue weighted by molar-refractivity contribution is 5.80. The monoisotopic (exact) mass is 507 g/mol. The number of para-hydroxylation sites is 1. The number of imidazole rings is 1. The number of morpholine rings is 1. The van der Waals surface area contributed by atoms with Gasteiger partial charge in [-0.25, -0.2) is 19.7 Å². The average Bonchev–Trinajstić information content (AvgIpc) is 3.57. The van der Waals surface area contributed by atoms with Crippen LogP contribution in [-0.2, 0) is 16.0 Å². The average molecular weight is 507 g/mol. The molecule has 2 atom stereocenters. The number of nitrogens with zero attached hydrogens (tertiary/aromatic N) is 5. The summed E-state index contributed by atoms with van der Waals surface area (Å²) in [4.78, 5) is 27.2. The van der Waals surface area contributed by atoms with Gasteiger partial charge in [0.1, 0.15) is 11.4 Å². The summed E-state index contributed by atoms with van der Waals surface area (Å²) in [5, 5.41) is 9.56. The standard InChI is InChI=1S/C26H23F2N5O4/c1-15-20(8-16-4-2-3-5-21(16)37-24(27)28)32-12-17(6-7-22(32)31-15)18-10-29-25(30-11-18)33-14-26(23(34)35)9-19(33)13-36-26/h2-7,10-12,19,24H,8-9,13-14H2,1H3,(H,34,35). The summed E-state index contributed by atoms with van der Waals surface area (Å²) >= 11 is 0. The summed E-state index contributed by atoms with van der Waals surface area (Å²) in [7, 11) is 0. The van der Waals surface area contributed by atoms with Gasteiger partial charge in [-0.2, -0.15) is 8.78 Å². The molecule has 5 heterocycles. The number of aromatic nitrogens is 4. The number of pyridine rings is 1. The zero-order valence-corrected chi connectivity index (χ0v) is 19.8. The molecule has 1 aromatic carbocycles. The summed E-state index contributed by atoms with van der Waals surface area (Å²) in [6.45, 7) is -0.472. The van der Waals surface area contributed by atoms with Crippen LogP contribution in [0.5, 0.6) is 5.75 Å². The van der Waals surface area contributed by atoms with Crippen molar-refractivity contribution >= 4 is 17.6 Å². The Kier molecular flexibility index (Phi) is 5.52. The molecule has 2 fully saturated rings. The van der Waals surface area contributed by atoms with Gasteiger partial charge in [0.25, 0.3) is 0 Å². The van der Waals surface area contributed by atoms with E-state index in [9.17, 15) is 18.7 Å². The van der Waals surface area contributed by atoms with Crippen LogP contribution in [0.4, 0.5) is 14.7 Å². The Hall–Kier alpha value is -4.12. The number of halogens is 2. The van der Waals surface area contributed by atoms with E-state index < -0.39 is 18.2 Å². The zero-order valence-electron chi connectivity index (χ0n) is 19.8. The van der Waals surface area contributed by atoms with Crippen molar-refractivity contribution < 1.29 is 28.2 Å². The van der Waals surface area contributed by atoms with Gasteiger partial charge in [-0.15, -0.1) is 0 Å². The molecular formula is C26H23F2N5O4. The van der Waals surface area contributed by atoms with Gasteiger partial charge in [0.2, 0.25) is 5.95 Å². The SMILES string of the molecule is Cc1nc2ccc(-c3cnc(N4CC5(C(=O)O)CC4CO5)nc3)cn2c1Cc1ccccc1OC(F)F. The molecule has 0 amide bonds. The first-order chi connectivity index (χ1) is 17.8. The Morgan fingerprint density at radius 2 is 2.00 bits per heavy atom. The van der Waals surface area contributed by atoms with Crippen molar-refractivity contribution in [2.45, 2.75) is 38.0 Å². The summed E-state index contributed by atoms with van der Waals surface area (Å²) < 4.78 is 37.9. The van der Waals surface area contributed by atoms with Gasteiger partial charge in [-0.1, -0.05) is 18.2 Å². The van der Waals surface area contributed by atoms with Crippen molar-refractivity contribution in [3.05, 3.63) is 71.9 Å². The van der Waals surface area contributed by atoms with Crippen LogP contribution >= 0.6 is 0 Å². The third-order valence-corrected chi connectivity index (χ3v) is 7.07. The number of anilines is 1. The maximum atomic E-state index is 12.9. The van der Waals surface area contributed by atoms with E-state index in [1.807, 2.05) is 34.6 Å². The molecule has 11 heteroatoms. The van der Waals surface area contributed by atoms with Crippen molar-refractivity contribution in [3.8, 4) is 16.9 Å². The summed E-state index contributed by atoms with van der Waals surface area (Å²) in [5.41, 5.74) is 3.44. The molecule has 2 aliphatic rings. The lowest BCUT2D eigenvalue weighted by atomic mass is 10.0. The highest BCUT2D eigenvalue weighted by atomic mass is 19.3. The molecule has 0 saturated carbocycles. The molecule has 9 nitrogen and oxygen atoms in total. The highest BCUT2D eigenvalue weighted by Gasteiger charge is 2.57. The van der Waals surface area contributed by atoms with E-state index >= 15 is 0 Å². The second kappa shape index (κ2) is 8.77. The fourth-order valence-corrected chi connectivity index (χ4v) is 5.17. The summed E-state index contributed by atoms with van der Waals surface area (Å²) in [6.07, 6.45) is 6.11. The second-order valence-electron chi connectivity index (χ2n) is 9.32. The minimum absolute atomic E-state index is 0.0632. The number of alkyl halides is 2. The maximum absolute atomic E-state index is 12.9. The topological polar surface area (TPSA) is 102 Å². The third kappa shape index (κ3) is 4.05. The van der Waals surface area contributed by atoms with E-state index in [1.54, 1.807) is 30.6 Å². The quantitative estimate of drug-likeness (QED) is 0.404. The van der Waals surface area contributed by atoms with Crippen LogP contribution in [0, 0.1) is 6.92 Å². The lowest BCUT2D eigenvalue weighted by Gasteiger charge is -2.30. The second-order valence-corrected chi connectivity index (χ2v) is 9.32. The van der Waals surface area contributed by atoms with Gasteiger partial charge in [-0.05, 0) is 25.1 Å². The predicted molar refractivity (Wildman–Crippen MR) is 129 cm³/mol. The fourth-order valence-electron chi connectivity index (χ4n) is 5.17. The van der Waals surface area contributed by atoms with Gasteiger partial charge >= 0.3 is 12.6 Å². The van der Waals surface area contributed by atoms with Crippen LogP contribution in [0.1, 0.15) is 23.4 Å². The predicted octanol–water partition coefficient (Wildman–Crippen LogP) is 3.72. The summed E-state index contributed by atoms with van der Waals surface area (Å²) in [5.74, 6) is -0.356. The van der Waals surface area contributed by atoms with Gasteiger partial charge < -0.3 is 23.9 Å². The molecule has 2 bridgehead atoms. The van der Waals surface area contributed by atoms with E-state index in [-0.39, 0.29) is 18.3 Å². The normalized spacial score (nSPS) is 20.8. The molecule has 1 N–H and O–H groups in total. The minimum Gasteiger partial charge on any atom is -0.479 e. The van der Waals surface area contributed by atoms with Crippen molar-refractivity contribution in [2.75, 3.05) is 18.1 Å². The Bertz CT molecular complexity index is 1490. The van der Waals surface area contributed by atoms with E-state index in [0.717, 1.165) is 28.2 Å². The van der Waals surface area contributed by atoms with Crippen LogP contribution in [-0.4, -0.2) is 61.8 Å². The third-order valence-electron chi connectivity index (χ3n) is 7.07. The van der Waals surface area contributed by atoms with Gasteiger partial charge in [0.15, 0.2) is 5.60 Å². The van der Waals surface area contributed by atoms with Crippen LogP contribution in [0.15, 0.2) is 55.0 Å². The van der Waals surface area contributed by atoms with Crippen molar-refractivity contribution in [1.82, 2.24) is 19.4 Å². The van der Waals surface area contributed by atoms with Gasteiger partial charge in [-0.3, -0.25) is 0 Å². The Balaban J connectivity index is 1.29. The molecule has 4 aromatic rings. The van der Waals surface area contributed by atoms with Crippen LogP contribution < -0.4 is 9.64 Å². The first-order valence-electron chi connectivity index (χ1n) is 11.8. The lowest BCUT2D eigenvalue weighted by Crippen LogP contribution is -2.47. The fraction of sp³-hybridized carbons (Fsp3) is 0.308.